The van der Waals surface area contributed by atoms with E-state index in [0.717, 1.165) is 28.4 Å². The standard InChI is InChI=1S/C23H20N2O2S/c1-28(26,27)25-21-12-16-7-3-5-9-19(16)23-20(21)14-24-13-17-11-10-15-6-2-4-8-18(15)22(17)23/h2-12,24-25H,13-14H2,1H3. The Morgan fingerprint density at radius 3 is 2.25 bits per heavy atom. The summed E-state index contributed by atoms with van der Waals surface area (Å²) in [5.41, 5.74) is 5.15. The number of hydrogen-bond acceptors (Lipinski definition) is 3. The summed E-state index contributed by atoms with van der Waals surface area (Å²) in [6, 6.07) is 22.8. The van der Waals surface area contributed by atoms with Crippen LogP contribution in [0.25, 0.3) is 32.7 Å². The maximum absolute atomic E-state index is 12.0. The van der Waals surface area contributed by atoms with Crippen molar-refractivity contribution in [2.75, 3.05) is 11.0 Å². The van der Waals surface area contributed by atoms with Crippen molar-refractivity contribution in [2.24, 2.45) is 0 Å². The second-order valence-corrected chi connectivity index (χ2v) is 9.05. The summed E-state index contributed by atoms with van der Waals surface area (Å²) >= 11 is 0. The first-order chi connectivity index (χ1) is 13.5. The second-order valence-electron chi connectivity index (χ2n) is 7.30. The van der Waals surface area contributed by atoms with Crippen LogP contribution >= 0.6 is 0 Å². The zero-order valence-corrected chi connectivity index (χ0v) is 16.3. The minimum atomic E-state index is -3.39. The number of rotatable bonds is 2. The van der Waals surface area contributed by atoms with E-state index in [1.807, 2.05) is 30.3 Å². The van der Waals surface area contributed by atoms with Crippen LogP contribution in [0.2, 0.25) is 0 Å². The van der Waals surface area contributed by atoms with E-state index < -0.39 is 10.0 Å². The average Bonchev–Trinajstić information content (AvgIpc) is 2.87. The molecule has 0 saturated carbocycles. The van der Waals surface area contributed by atoms with Crippen molar-refractivity contribution < 1.29 is 8.42 Å². The molecule has 5 rings (SSSR count). The fourth-order valence-electron chi connectivity index (χ4n) is 4.23. The summed E-state index contributed by atoms with van der Waals surface area (Å²) < 4.78 is 26.8. The van der Waals surface area contributed by atoms with Gasteiger partial charge in [-0.3, -0.25) is 4.72 Å². The van der Waals surface area contributed by atoms with Gasteiger partial charge in [0.15, 0.2) is 0 Å². The molecule has 0 fully saturated rings. The molecule has 0 saturated heterocycles. The summed E-state index contributed by atoms with van der Waals surface area (Å²) in [4.78, 5) is 0. The number of anilines is 1. The van der Waals surface area contributed by atoms with Crippen LogP contribution < -0.4 is 10.0 Å². The van der Waals surface area contributed by atoms with Crippen molar-refractivity contribution in [3.8, 4) is 11.1 Å². The molecule has 5 heteroatoms. The van der Waals surface area contributed by atoms with Crippen LogP contribution in [0.1, 0.15) is 11.1 Å². The lowest BCUT2D eigenvalue weighted by molar-refractivity contribution is 0.606. The van der Waals surface area contributed by atoms with E-state index in [1.54, 1.807) is 0 Å². The molecule has 1 heterocycles. The minimum Gasteiger partial charge on any atom is -0.308 e. The first kappa shape index (κ1) is 17.2. The zero-order chi connectivity index (χ0) is 19.3. The van der Waals surface area contributed by atoms with Gasteiger partial charge in [0.25, 0.3) is 0 Å². The van der Waals surface area contributed by atoms with Crippen molar-refractivity contribution in [2.45, 2.75) is 13.1 Å². The molecule has 0 radical (unpaired) electrons. The molecule has 4 aromatic carbocycles. The van der Waals surface area contributed by atoms with Crippen LogP contribution in [0.3, 0.4) is 0 Å². The molecule has 0 atom stereocenters. The van der Waals surface area contributed by atoms with Crippen LogP contribution in [-0.4, -0.2) is 14.7 Å². The Hall–Kier alpha value is -2.89. The number of sulfonamides is 1. The fraction of sp³-hybridized carbons (Fsp3) is 0.130. The molecule has 1 aliphatic rings. The summed E-state index contributed by atoms with van der Waals surface area (Å²) in [6.07, 6.45) is 1.20. The third-order valence-corrected chi connectivity index (χ3v) is 5.93. The minimum absolute atomic E-state index is 0.598. The maximum atomic E-state index is 12.0. The van der Waals surface area contributed by atoms with Gasteiger partial charge in [0, 0.05) is 13.1 Å². The third-order valence-electron chi connectivity index (χ3n) is 5.33. The first-order valence-corrected chi connectivity index (χ1v) is 11.1. The molecule has 1 aliphatic heterocycles. The zero-order valence-electron chi connectivity index (χ0n) is 15.5. The van der Waals surface area contributed by atoms with Crippen LogP contribution in [0.5, 0.6) is 0 Å². The van der Waals surface area contributed by atoms with Crippen LogP contribution in [-0.2, 0) is 23.1 Å². The van der Waals surface area contributed by atoms with Gasteiger partial charge in [0.2, 0.25) is 10.0 Å². The highest BCUT2D eigenvalue weighted by molar-refractivity contribution is 7.92. The van der Waals surface area contributed by atoms with Crippen molar-refractivity contribution in [1.82, 2.24) is 5.32 Å². The van der Waals surface area contributed by atoms with E-state index in [2.05, 4.69) is 46.4 Å². The number of fused-ring (bicyclic) bond motifs is 7. The Balaban J connectivity index is 1.97. The van der Waals surface area contributed by atoms with Crippen molar-refractivity contribution in [3.05, 3.63) is 77.9 Å². The Labute approximate surface area is 164 Å². The normalized spacial score (nSPS) is 13.8. The smallest absolute Gasteiger partial charge is 0.229 e. The lowest BCUT2D eigenvalue weighted by atomic mass is 9.87. The highest BCUT2D eigenvalue weighted by atomic mass is 32.2. The molecule has 0 bridgehead atoms. The average molecular weight is 388 g/mol. The van der Waals surface area contributed by atoms with Gasteiger partial charge >= 0.3 is 0 Å². The lowest BCUT2D eigenvalue weighted by Crippen LogP contribution is -2.15. The monoisotopic (exact) mass is 388 g/mol. The van der Waals surface area contributed by atoms with Crippen molar-refractivity contribution in [1.29, 1.82) is 0 Å². The molecule has 0 unspecified atom stereocenters. The molecule has 0 amide bonds. The largest absolute Gasteiger partial charge is 0.308 e. The van der Waals surface area contributed by atoms with Crippen molar-refractivity contribution >= 4 is 37.3 Å². The van der Waals surface area contributed by atoms with Gasteiger partial charge in [-0.25, -0.2) is 8.42 Å². The van der Waals surface area contributed by atoms with Crippen LogP contribution in [0, 0.1) is 0 Å². The van der Waals surface area contributed by atoms with Crippen molar-refractivity contribution in [3.63, 3.8) is 0 Å². The van der Waals surface area contributed by atoms with Gasteiger partial charge in [-0.15, -0.1) is 0 Å². The van der Waals surface area contributed by atoms with E-state index in [4.69, 9.17) is 0 Å². The molecule has 2 N–H and O–H groups in total. The first-order valence-electron chi connectivity index (χ1n) is 9.25. The maximum Gasteiger partial charge on any atom is 0.229 e. The van der Waals surface area contributed by atoms with Crippen LogP contribution in [0.15, 0.2) is 66.7 Å². The molecule has 28 heavy (non-hydrogen) atoms. The predicted molar refractivity (Wildman–Crippen MR) is 116 cm³/mol. The quantitative estimate of drug-likeness (QED) is 0.526. The van der Waals surface area contributed by atoms with Crippen LogP contribution in [0.4, 0.5) is 5.69 Å². The highest BCUT2D eigenvalue weighted by Gasteiger charge is 2.23. The van der Waals surface area contributed by atoms with Gasteiger partial charge in [-0.1, -0.05) is 60.7 Å². The predicted octanol–water partition coefficient (Wildman–Crippen LogP) is 4.63. The molecule has 4 aromatic rings. The molecule has 0 spiro atoms. The third kappa shape index (κ3) is 2.84. The fourth-order valence-corrected chi connectivity index (χ4v) is 4.81. The topological polar surface area (TPSA) is 58.2 Å². The van der Waals surface area contributed by atoms with E-state index in [1.165, 1.54) is 28.2 Å². The van der Waals surface area contributed by atoms with Gasteiger partial charge in [-0.05, 0) is 49.9 Å². The molecule has 0 aliphatic carbocycles. The summed E-state index contributed by atoms with van der Waals surface area (Å²) in [5.74, 6) is 0. The van der Waals surface area contributed by atoms with Gasteiger partial charge in [-0.2, -0.15) is 0 Å². The number of nitrogens with one attached hydrogen (secondary N) is 2. The van der Waals surface area contributed by atoms with Gasteiger partial charge < -0.3 is 5.32 Å². The SMILES string of the molecule is CS(=O)(=O)Nc1cc2ccccc2c2c1CNCc1ccc3ccccc3c1-2. The molecular weight excluding hydrogens is 368 g/mol. The van der Waals surface area contributed by atoms with E-state index in [0.29, 0.717) is 12.2 Å². The Morgan fingerprint density at radius 2 is 1.50 bits per heavy atom. The molecule has 4 nitrogen and oxygen atoms in total. The Bertz CT molecular complexity index is 1340. The molecule has 140 valence electrons. The van der Waals surface area contributed by atoms with E-state index >= 15 is 0 Å². The second kappa shape index (κ2) is 6.33. The molecule has 0 aromatic heterocycles. The Morgan fingerprint density at radius 1 is 0.821 bits per heavy atom. The highest BCUT2D eigenvalue weighted by Crippen LogP contribution is 2.43. The summed E-state index contributed by atoms with van der Waals surface area (Å²) in [6.45, 7) is 1.34. The summed E-state index contributed by atoms with van der Waals surface area (Å²) in [5, 5.41) is 8.01. The lowest BCUT2D eigenvalue weighted by Gasteiger charge is -2.19. The van der Waals surface area contributed by atoms with E-state index in [9.17, 15) is 8.42 Å². The van der Waals surface area contributed by atoms with Gasteiger partial charge in [0.1, 0.15) is 0 Å². The Kier molecular flexibility index (Phi) is 3.89. The van der Waals surface area contributed by atoms with Gasteiger partial charge in [0.05, 0.1) is 11.9 Å². The number of hydrogen-bond donors (Lipinski definition) is 2. The van der Waals surface area contributed by atoms with E-state index in [-0.39, 0.29) is 0 Å². The number of benzene rings is 4. The summed E-state index contributed by atoms with van der Waals surface area (Å²) in [7, 11) is -3.39. The molecular formula is C23H20N2O2S.